The van der Waals surface area contributed by atoms with Gasteiger partial charge in [0.2, 0.25) is 5.91 Å². The predicted molar refractivity (Wildman–Crippen MR) is 110 cm³/mol. The third-order valence-electron chi connectivity index (χ3n) is 6.32. The molecule has 0 atom stereocenters. The van der Waals surface area contributed by atoms with Gasteiger partial charge in [-0.05, 0) is 45.5 Å². The van der Waals surface area contributed by atoms with Gasteiger partial charge in [0.15, 0.2) is 0 Å². The summed E-state index contributed by atoms with van der Waals surface area (Å²) >= 11 is 0. The van der Waals surface area contributed by atoms with Gasteiger partial charge in [0.25, 0.3) is 0 Å². The lowest BCUT2D eigenvalue weighted by molar-refractivity contribution is -0.133. The van der Waals surface area contributed by atoms with Crippen molar-refractivity contribution >= 4 is 16.8 Å². The molecule has 3 heterocycles. The van der Waals surface area contributed by atoms with Crippen LogP contribution in [0.25, 0.3) is 10.9 Å². The van der Waals surface area contributed by atoms with E-state index in [1.165, 1.54) is 27.7 Å². The lowest BCUT2D eigenvalue weighted by Crippen LogP contribution is -2.48. The Morgan fingerprint density at radius 1 is 1.11 bits per heavy atom. The van der Waals surface area contributed by atoms with Crippen molar-refractivity contribution in [3.8, 4) is 0 Å². The fourth-order valence-corrected chi connectivity index (χ4v) is 4.50. The highest BCUT2D eigenvalue weighted by Gasteiger charge is 2.27. The highest BCUT2D eigenvalue weighted by molar-refractivity contribution is 5.88. The minimum Gasteiger partial charge on any atom is -0.339 e. The van der Waals surface area contributed by atoms with Crippen molar-refractivity contribution in [1.82, 2.24) is 19.3 Å². The number of rotatable bonds is 3. The average molecular weight is 369 g/mol. The maximum absolute atomic E-state index is 13.0. The van der Waals surface area contributed by atoms with Crippen molar-refractivity contribution in [1.29, 1.82) is 0 Å². The molecule has 0 aliphatic carbocycles. The molecule has 146 valence electrons. The van der Waals surface area contributed by atoms with Crippen molar-refractivity contribution in [2.75, 3.05) is 39.8 Å². The molecule has 2 aromatic rings. The summed E-state index contributed by atoms with van der Waals surface area (Å²) in [6, 6.07) is 7.23. The Hall–Kier alpha value is -1.85. The minimum atomic E-state index is 0.259. The number of nitrogens with zero attached hydrogens (tertiary/aromatic N) is 4. The van der Waals surface area contributed by atoms with E-state index >= 15 is 0 Å². The lowest BCUT2D eigenvalue weighted by atomic mass is 10.0. The number of fused-ring (bicyclic) bond motifs is 3. The molecule has 1 amide bonds. The van der Waals surface area contributed by atoms with Crippen LogP contribution < -0.4 is 0 Å². The third kappa shape index (κ3) is 3.50. The molecule has 5 nitrogen and oxygen atoms in total. The molecule has 5 heteroatoms. The highest BCUT2D eigenvalue weighted by Crippen LogP contribution is 2.32. The number of aryl methyl sites for hydroxylation is 1. The molecule has 0 radical (unpaired) electrons. The zero-order chi connectivity index (χ0) is 19.1. The molecule has 2 aliphatic heterocycles. The van der Waals surface area contributed by atoms with Gasteiger partial charge in [-0.1, -0.05) is 11.6 Å². The van der Waals surface area contributed by atoms with Crippen molar-refractivity contribution in [2.45, 2.75) is 46.3 Å². The Kier molecular flexibility index (Phi) is 4.99. The van der Waals surface area contributed by atoms with E-state index in [-0.39, 0.29) is 5.91 Å². The van der Waals surface area contributed by atoms with Gasteiger partial charge < -0.3 is 14.4 Å². The monoisotopic (exact) mass is 368 g/mol. The summed E-state index contributed by atoms with van der Waals surface area (Å²) in [5.74, 6) is 0.259. The fourth-order valence-electron chi connectivity index (χ4n) is 4.50. The van der Waals surface area contributed by atoms with Gasteiger partial charge in [-0.25, -0.2) is 0 Å². The Labute approximate surface area is 162 Å². The molecular weight excluding hydrogens is 336 g/mol. The SMILES string of the molecule is Cc1ccc2c(c1)c1c(n2CC(=O)N2CCN(C)CC2)CCN(C(C)C)C1. The average Bonchev–Trinajstić information content (AvgIpc) is 2.94. The van der Waals surface area contributed by atoms with Crippen molar-refractivity contribution < 1.29 is 4.79 Å². The molecule has 1 fully saturated rings. The van der Waals surface area contributed by atoms with E-state index in [1.807, 2.05) is 4.90 Å². The van der Waals surface area contributed by atoms with E-state index in [4.69, 9.17) is 0 Å². The first-order valence-corrected chi connectivity index (χ1v) is 10.2. The quantitative estimate of drug-likeness (QED) is 0.834. The number of hydrogen-bond donors (Lipinski definition) is 0. The summed E-state index contributed by atoms with van der Waals surface area (Å²) in [6.07, 6.45) is 1.03. The molecule has 0 bridgehead atoms. The van der Waals surface area contributed by atoms with E-state index in [0.29, 0.717) is 12.6 Å². The summed E-state index contributed by atoms with van der Waals surface area (Å²) in [4.78, 5) is 19.9. The van der Waals surface area contributed by atoms with Gasteiger partial charge in [-0.2, -0.15) is 0 Å². The molecular formula is C22H32N4O. The molecule has 2 aliphatic rings. The summed E-state index contributed by atoms with van der Waals surface area (Å²) in [7, 11) is 2.13. The fraction of sp³-hybridized carbons (Fsp3) is 0.591. The Bertz CT molecular complexity index is 846. The van der Waals surface area contributed by atoms with Gasteiger partial charge in [0, 0.05) is 68.3 Å². The number of likely N-dealkylation sites (N-methyl/N-ethyl adjacent to an activating group) is 1. The van der Waals surface area contributed by atoms with Crippen LogP contribution in [0.1, 0.15) is 30.7 Å². The largest absolute Gasteiger partial charge is 0.339 e. The number of carbonyl (C=O) groups is 1. The van der Waals surface area contributed by atoms with Gasteiger partial charge in [0.05, 0.1) is 0 Å². The normalized spacial score (nSPS) is 19.1. The van der Waals surface area contributed by atoms with Crippen LogP contribution in [-0.2, 0) is 24.3 Å². The number of piperazine rings is 1. The molecule has 27 heavy (non-hydrogen) atoms. The van der Waals surface area contributed by atoms with Gasteiger partial charge in [-0.15, -0.1) is 0 Å². The summed E-state index contributed by atoms with van der Waals surface area (Å²) in [5, 5.41) is 1.33. The lowest BCUT2D eigenvalue weighted by Gasteiger charge is -2.33. The zero-order valence-electron chi connectivity index (χ0n) is 17.2. The number of aromatic nitrogens is 1. The van der Waals surface area contributed by atoms with Crippen LogP contribution in [0.4, 0.5) is 0 Å². The first-order valence-electron chi connectivity index (χ1n) is 10.2. The topological polar surface area (TPSA) is 31.7 Å². The van der Waals surface area contributed by atoms with Crippen LogP contribution in [0.2, 0.25) is 0 Å². The molecule has 0 unspecified atom stereocenters. The van der Waals surface area contributed by atoms with Crippen LogP contribution in [0, 0.1) is 6.92 Å². The van der Waals surface area contributed by atoms with Crippen LogP contribution >= 0.6 is 0 Å². The number of carbonyl (C=O) groups excluding carboxylic acids is 1. The second kappa shape index (κ2) is 7.28. The summed E-state index contributed by atoms with van der Waals surface area (Å²) in [6.45, 7) is 12.9. The van der Waals surface area contributed by atoms with E-state index in [2.05, 4.69) is 60.4 Å². The molecule has 0 spiro atoms. The van der Waals surface area contributed by atoms with Crippen LogP contribution in [-0.4, -0.2) is 71.0 Å². The van der Waals surface area contributed by atoms with Crippen LogP contribution in [0.5, 0.6) is 0 Å². The van der Waals surface area contributed by atoms with Crippen molar-refractivity contribution in [3.63, 3.8) is 0 Å². The molecule has 4 rings (SSSR count). The number of amides is 1. The Morgan fingerprint density at radius 3 is 2.56 bits per heavy atom. The summed E-state index contributed by atoms with van der Waals surface area (Å²) in [5.41, 5.74) is 5.31. The number of hydrogen-bond acceptors (Lipinski definition) is 3. The maximum Gasteiger partial charge on any atom is 0.242 e. The predicted octanol–water partition coefficient (Wildman–Crippen LogP) is 2.49. The second-order valence-corrected chi connectivity index (χ2v) is 8.53. The van der Waals surface area contributed by atoms with Crippen LogP contribution in [0.15, 0.2) is 18.2 Å². The first-order chi connectivity index (χ1) is 12.9. The zero-order valence-corrected chi connectivity index (χ0v) is 17.2. The van der Waals surface area contributed by atoms with Crippen LogP contribution in [0.3, 0.4) is 0 Å². The van der Waals surface area contributed by atoms with E-state index < -0.39 is 0 Å². The molecule has 1 saturated heterocycles. The van der Waals surface area contributed by atoms with E-state index in [1.54, 1.807) is 0 Å². The van der Waals surface area contributed by atoms with Crippen molar-refractivity contribution in [2.24, 2.45) is 0 Å². The molecule has 0 N–H and O–H groups in total. The summed E-state index contributed by atoms with van der Waals surface area (Å²) < 4.78 is 2.31. The minimum absolute atomic E-state index is 0.259. The third-order valence-corrected chi connectivity index (χ3v) is 6.32. The van der Waals surface area contributed by atoms with E-state index in [0.717, 1.165) is 45.7 Å². The standard InChI is InChI=1S/C22H32N4O/c1-16(2)25-8-7-21-19(14-25)18-13-17(3)5-6-20(18)26(21)15-22(27)24-11-9-23(4)10-12-24/h5-6,13,16H,7-12,14-15H2,1-4H3. The first kappa shape index (κ1) is 18.5. The molecule has 1 aromatic carbocycles. The Balaban J connectivity index is 1.68. The van der Waals surface area contributed by atoms with Crippen molar-refractivity contribution in [3.05, 3.63) is 35.0 Å². The van der Waals surface area contributed by atoms with E-state index in [9.17, 15) is 4.79 Å². The van der Waals surface area contributed by atoms with Gasteiger partial charge in [-0.3, -0.25) is 9.69 Å². The number of benzene rings is 1. The smallest absolute Gasteiger partial charge is 0.242 e. The molecule has 0 saturated carbocycles. The highest BCUT2D eigenvalue weighted by atomic mass is 16.2. The Morgan fingerprint density at radius 2 is 1.85 bits per heavy atom. The second-order valence-electron chi connectivity index (χ2n) is 8.53. The van der Waals surface area contributed by atoms with Gasteiger partial charge >= 0.3 is 0 Å². The van der Waals surface area contributed by atoms with Gasteiger partial charge in [0.1, 0.15) is 6.54 Å². The maximum atomic E-state index is 13.0. The molecule has 1 aromatic heterocycles.